The highest BCUT2D eigenvalue weighted by Crippen LogP contribution is 2.26. The zero-order valence-electron chi connectivity index (χ0n) is 15.4. The van der Waals surface area contributed by atoms with E-state index < -0.39 is 0 Å². The van der Waals surface area contributed by atoms with E-state index in [0.717, 1.165) is 45.2 Å². The summed E-state index contributed by atoms with van der Waals surface area (Å²) in [5.41, 5.74) is 7.65. The quantitative estimate of drug-likeness (QED) is 0.480. The van der Waals surface area contributed by atoms with Crippen LogP contribution in [0.2, 0.25) is 0 Å². The lowest BCUT2D eigenvalue weighted by atomic mass is 10.1. The molecule has 6 nitrogen and oxygen atoms in total. The van der Waals surface area contributed by atoms with Gasteiger partial charge in [0.05, 0.1) is 17.1 Å². The Morgan fingerprint density at radius 2 is 1.70 bits per heavy atom. The van der Waals surface area contributed by atoms with Crippen LogP contribution >= 0.6 is 0 Å². The molecule has 1 aromatic carbocycles. The maximum atomic E-state index is 4.85. The van der Waals surface area contributed by atoms with Crippen LogP contribution in [-0.4, -0.2) is 29.0 Å². The molecule has 0 saturated heterocycles. The molecule has 0 amide bonds. The minimum Gasteiger partial charge on any atom is -0.304 e. The van der Waals surface area contributed by atoms with Gasteiger partial charge in [0.25, 0.3) is 0 Å². The van der Waals surface area contributed by atoms with E-state index in [2.05, 4.69) is 38.5 Å². The SMILES string of the molecule is Cc1ncc(C)n2nc(-c3ccn4c(C)c(-c5ccccc5)nc4c3)nc12. The van der Waals surface area contributed by atoms with Crippen molar-refractivity contribution in [3.05, 3.63) is 71.9 Å². The van der Waals surface area contributed by atoms with Crippen LogP contribution in [0.1, 0.15) is 17.1 Å². The molecule has 27 heavy (non-hydrogen) atoms. The molecule has 0 N–H and O–H groups in total. The van der Waals surface area contributed by atoms with Crippen molar-refractivity contribution in [2.75, 3.05) is 0 Å². The molecule has 0 unspecified atom stereocenters. The Morgan fingerprint density at radius 3 is 2.48 bits per heavy atom. The van der Waals surface area contributed by atoms with E-state index in [9.17, 15) is 0 Å². The fourth-order valence-electron chi connectivity index (χ4n) is 3.39. The smallest absolute Gasteiger partial charge is 0.182 e. The molecule has 0 atom stereocenters. The van der Waals surface area contributed by atoms with Crippen molar-refractivity contribution in [1.29, 1.82) is 0 Å². The van der Waals surface area contributed by atoms with Gasteiger partial charge in [-0.25, -0.2) is 14.5 Å². The highest BCUT2D eigenvalue weighted by atomic mass is 15.3. The topological polar surface area (TPSA) is 60.4 Å². The molecule has 0 spiro atoms. The lowest BCUT2D eigenvalue weighted by Gasteiger charge is -2.00. The number of hydrogen-bond acceptors (Lipinski definition) is 4. The number of benzene rings is 1. The molecule has 0 aliphatic rings. The fraction of sp³-hybridized carbons (Fsp3) is 0.143. The number of aromatic nitrogens is 6. The Hall–Kier alpha value is -3.54. The largest absolute Gasteiger partial charge is 0.304 e. The summed E-state index contributed by atoms with van der Waals surface area (Å²) in [6.07, 6.45) is 3.84. The molecular weight excluding hydrogens is 336 g/mol. The summed E-state index contributed by atoms with van der Waals surface area (Å²) in [7, 11) is 0. The lowest BCUT2D eigenvalue weighted by Crippen LogP contribution is -1.97. The highest BCUT2D eigenvalue weighted by Gasteiger charge is 2.14. The van der Waals surface area contributed by atoms with Crippen LogP contribution in [0.3, 0.4) is 0 Å². The summed E-state index contributed by atoms with van der Waals surface area (Å²) in [5.74, 6) is 0.679. The van der Waals surface area contributed by atoms with Gasteiger partial charge < -0.3 is 4.40 Å². The highest BCUT2D eigenvalue weighted by molar-refractivity contribution is 5.70. The number of pyridine rings is 1. The molecule has 4 heterocycles. The van der Waals surface area contributed by atoms with Gasteiger partial charge in [-0.1, -0.05) is 30.3 Å². The summed E-state index contributed by atoms with van der Waals surface area (Å²) < 4.78 is 3.94. The van der Waals surface area contributed by atoms with Crippen LogP contribution in [0.5, 0.6) is 0 Å². The molecule has 0 fully saturated rings. The Bertz CT molecular complexity index is 1260. The number of nitrogens with zero attached hydrogens (tertiary/aromatic N) is 6. The molecule has 0 bridgehead atoms. The van der Waals surface area contributed by atoms with Gasteiger partial charge in [-0.15, -0.1) is 5.10 Å². The third-order valence-electron chi connectivity index (χ3n) is 4.88. The first kappa shape index (κ1) is 15.7. The second-order valence-corrected chi connectivity index (χ2v) is 6.71. The molecular formula is C21H18N6. The van der Waals surface area contributed by atoms with Crippen molar-refractivity contribution in [3.63, 3.8) is 0 Å². The molecule has 6 heteroatoms. The van der Waals surface area contributed by atoms with Crippen molar-refractivity contribution in [1.82, 2.24) is 29.0 Å². The van der Waals surface area contributed by atoms with Crippen LogP contribution in [-0.2, 0) is 0 Å². The van der Waals surface area contributed by atoms with E-state index in [1.54, 1.807) is 0 Å². The zero-order valence-corrected chi connectivity index (χ0v) is 15.4. The fourth-order valence-corrected chi connectivity index (χ4v) is 3.39. The molecule has 5 aromatic rings. The summed E-state index contributed by atoms with van der Waals surface area (Å²) in [5, 5.41) is 4.67. The monoisotopic (exact) mass is 354 g/mol. The minimum atomic E-state index is 0.679. The van der Waals surface area contributed by atoms with Crippen LogP contribution in [0, 0.1) is 20.8 Å². The second kappa shape index (κ2) is 5.74. The van der Waals surface area contributed by atoms with Crippen LogP contribution in [0.4, 0.5) is 0 Å². The van der Waals surface area contributed by atoms with E-state index >= 15 is 0 Å². The first-order valence-electron chi connectivity index (χ1n) is 8.85. The van der Waals surface area contributed by atoms with Gasteiger partial charge in [-0.05, 0) is 32.9 Å². The first-order valence-corrected chi connectivity index (χ1v) is 8.85. The predicted octanol–water partition coefficient (Wildman–Crippen LogP) is 4.03. The summed E-state index contributed by atoms with van der Waals surface area (Å²) >= 11 is 0. The number of hydrogen-bond donors (Lipinski definition) is 0. The van der Waals surface area contributed by atoms with Crippen molar-refractivity contribution in [2.24, 2.45) is 0 Å². The molecule has 132 valence electrons. The van der Waals surface area contributed by atoms with Gasteiger partial charge in [-0.3, -0.25) is 4.98 Å². The Kier molecular flexibility index (Phi) is 3.33. The van der Waals surface area contributed by atoms with Gasteiger partial charge in [0.1, 0.15) is 5.65 Å². The number of fused-ring (bicyclic) bond motifs is 2. The van der Waals surface area contributed by atoms with E-state index in [1.165, 1.54) is 0 Å². The number of imidazole rings is 1. The van der Waals surface area contributed by atoms with Gasteiger partial charge in [0, 0.05) is 29.2 Å². The Labute approximate surface area is 156 Å². The van der Waals surface area contributed by atoms with Crippen molar-refractivity contribution in [3.8, 4) is 22.6 Å². The van der Waals surface area contributed by atoms with Gasteiger partial charge in [0.2, 0.25) is 0 Å². The Balaban J connectivity index is 1.67. The molecule has 5 rings (SSSR count). The maximum absolute atomic E-state index is 4.85. The molecule has 0 aliphatic carbocycles. The summed E-state index contributed by atoms with van der Waals surface area (Å²) in [6.45, 7) is 6.01. The minimum absolute atomic E-state index is 0.679. The van der Waals surface area contributed by atoms with Crippen molar-refractivity contribution in [2.45, 2.75) is 20.8 Å². The van der Waals surface area contributed by atoms with Gasteiger partial charge >= 0.3 is 0 Å². The van der Waals surface area contributed by atoms with Gasteiger partial charge in [-0.2, -0.15) is 0 Å². The lowest BCUT2D eigenvalue weighted by molar-refractivity contribution is 0.890. The van der Waals surface area contributed by atoms with E-state index in [4.69, 9.17) is 4.98 Å². The van der Waals surface area contributed by atoms with E-state index in [1.807, 2.05) is 61.1 Å². The first-order chi connectivity index (χ1) is 13.1. The van der Waals surface area contributed by atoms with Crippen LogP contribution < -0.4 is 0 Å². The summed E-state index contributed by atoms with van der Waals surface area (Å²) in [4.78, 5) is 13.9. The third-order valence-corrected chi connectivity index (χ3v) is 4.88. The molecule has 0 aliphatic heterocycles. The van der Waals surface area contributed by atoms with Crippen LogP contribution in [0.25, 0.3) is 33.9 Å². The molecule has 4 aromatic heterocycles. The average Bonchev–Trinajstić information content (AvgIpc) is 3.28. The van der Waals surface area contributed by atoms with Crippen LogP contribution in [0.15, 0.2) is 54.9 Å². The number of rotatable bonds is 2. The third kappa shape index (κ3) is 2.41. The normalized spacial score (nSPS) is 11.5. The Morgan fingerprint density at radius 1 is 0.889 bits per heavy atom. The predicted molar refractivity (Wildman–Crippen MR) is 105 cm³/mol. The average molecular weight is 354 g/mol. The van der Waals surface area contributed by atoms with E-state index in [-0.39, 0.29) is 0 Å². The van der Waals surface area contributed by atoms with Crippen molar-refractivity contribution >= 4 is 11.3 Å². The maximum Gasteiger partial charge on any atom is 0.182 e. The van der Waals surface area contributed by atoms with Gasteiger partial charge in [0.15, 0.2) is 11.5 Å². The standard InChI is InChI=1S/C21H18N6/c1-13-12-22-14(2)21-24-20(25-27(13)21)17-9-10-26-15(3)19(23-18(26)11-17)16-7-5-4-6-8-16/h4-12H,1-3H3. The molecule has 0 saturated carbocycles. The zero-order chi connectivity index (χ0) is 18.5. The van der Waals surface area contributed by atoms with E-state index in [0.29, 0.717) is 5.82 Å². The number of aryl methyl sites for hydroxylation is 3. The van der Waals surface area contributed by atoms with Crippen molar-refractivity contribution < 1.29 is 0 Å². The molecule has 0 radical (unpaired) electrons. The summed E-state index contributed by atoms with van der Waals surface area (Å²) in [6, 6.07) is 14.3. The second-order valence-electron chi connectivity index (χ2n) is 6.71.